The zero-order valence-corrected chi connectivity index (χ0v) is 18.0. The van der Waals surface area contributed by atoms with Crippen LogP contribution in [0.3, 0.4) is 0 Å². The van der Waals surface area contributed by atoms with E-state index in [2.05, 4.69) is 42.6 Å². The molecule has 1 fully saturated rings. The smallest absolute Gasteiger partial charge is 0.135 e. The van der Waals surface area contributed by atoms with E-state index in [-0.39, 0.29) is 18.0 Å². The summed E-state index contributed by atoms with van der Waals surface area (Å²) in [4.78, 5) is 25.0. The number of benzene rings is 1. The molecule has 3 N–H and O–H groups in total. The molecular weight excluding hydrogens is 434 g/mol. The van der Waals surface area contributed by atoms with Crippen molar-refractivity contribution in [2.45, 2.75) is 37.5 Å². The van der Waals surface area contributed by atoms with Crippen LogP contribution >= 0.6 is 15.9 Å². The van der Waals surface area contributed by atoms with Crippen LogP contribution in [0.4, 0.5) is 5.82 Å². The van der Waals surface area contributed by atoms with Gasteiger partial charge < -0.3 is 20.5 Å². The number of fused-ring (bicyclic) bond motifs is 1. The van der Waals surface area contributed by atoms with E-state index in [0.717, 1.165) is 59.6 Å². The summed E-state index contributed by atoms with van der Waals surface area (Å²) in [6.07, 6.45) is 2.31. The molecule has 7 nitrogen and oxygen atoms in total. The lowest BCUT2D eigenvalue weighted by atomic mass is 9.96. The average molecular weight is 460 g/mol. The number of carbonyl (C=O) groups is 1. The van der Waals surface area contributed by atoms with E-state index in [1.165, 1.54) is 0 Å². The largest absolute Gasteiger partial charge is 0.387 e. The molecule has 29 heavy (non-hydrogen) atoms. The van der Waals surface area contributed by atoms with Gasteiger partial charge in [0.25, 0.3) is 0 Å². The second kappa shape index (κ2) is 8.47. The number of rotatable bonds is 5. The van der Waals surface area contributed by atoms with Crippen molar-refractivity contribution < 1.29 is 9.90 Å². The number of aliphatic hydroxyl groups excluding tert-OH is 1. The van der Waals surface area contributed by atoms with E-state index in [4.69, 9.17) is 5.73 Å². The first-order chi connectivity index (χ1) is 14.0. The first-order valence-electron chi connectivity index (χ1n) is 9.97. The summed E-state index contributed by atoms with van der Waals surface area (Å²) in [5.41, 5.74) is 9.25. The third kappa shape index (κ3) is 3.94. The van der Waals surface area contributed by atoms with Crippen molar-refractivity contribution in [1.82, 2.24) is 14.9 Å². The molecule has 1 aromatic carbocycles. The third-order valence-corrected chi connectivity index (χ3v) is 6.61. The summed E-state index contributed by atoms with van der Waals surface area (Å²) >= 11 is 3.43. The molecule has 2 unspecified atom stereocenters. The molecule has 2 aromatic rings. The molecule has 0 amide bonds. The number of nitrogens with zero attached hydrogens (tertiary/aromatic N) is 4. The van der Waals surface area contributed by atoms with Crippen LogP contribution in [-0.2, 0) is 4.79 Å². The Morgan fingerprint density at radius 3 is 2.55 bits per heavy atom. The van der Waals surface area contributed by atoms with Crippen LogP contribution in [0.25, 0.3) is 0 Å². The molecular formula is C21H26BrN5O2. The first kappa shape index (κ1) is 20.4. The second-order valence-electron chi connectivity index (χ2n) is 7.88. The van der Waals surface area contributed by atoms with E-state index in [1.807, 2.05) is 24.3 Å². The van der Waals surface area contributed by atoms with Crippen LogP contribution < -0.4 is 10.6 Å². The Morgan fingerprint density at radius 1 is 1.21 bits per heavy atom. The summed E-state index contributed by atoms with van der Waals surface area (Å²) < 4.78 is 0.977. The zero-order valence-electron chi connectivity index (χ0n) is 16.4. The van der Waals surface area contributed by atoms with Crippen molar-refractivity contribution >= 4 is 28.0 Å². The summed E-state index contributed by atoms with van der Waals surface area (Å²) in [6.45, 7) is 5.15. The number of anilines is 1. The number of hydrogen-bond acceptors (Lipinski definition) is 7. The molecule has 1 saturated heterocycles. The fourth-order valence-electron chi connectivity index (χ4n) is 4.45. The van der Waals surface area contributed by atoms with Gasteiger partial charge in [0.2, 0.25) is 0 Å². The second-order valence-corrected chi connectivity index (χ2v) is 8.79. The highest BCUT2D eigenvalue weighted by Gasteiger charge is 2.34. The maximum Gasteiger partial charge on any atom is 0.135 e. The Bertz CT molecular complexity index is 870. The highest BCUT2D eigenvalue weighted by molar-refractivity contribution is 9.10. The highest BCUT2D eigenvalue weighted by Crippen LogP contribution is 2.42. The number of hydrogen-bond donors (Lipinski definition) is 2. The van der Waals surface area contributed by atoms with Gasteiger partial charge in [-0.1, -0.05) is 35.0 Å². The number of aliphatic hydroxyl groups is 1. The maximum atomic E-state index is 11.8. The Hall–Kier alpha value is -1.87. The topological polar surface area (TPSA) is 95.6 Å². The quantitative estimate of drug-likeness (QED) is 0.661. The van der Waals surface area contributed by atoms with Gasteiger partial charge in [0, 0.05) is 36.2 Å². The normalized spacial score (nSPS) is 24.2. The van der Waals surface area contributed by atoms with Gasteiger partial charge in [-0.15, -0.1) is 0 Å². The monoisotopic (exact) mass is 459 g/mol. The number of halogens is 1. The van der Waals surface area contributed by atoms with Crippen molar-refractivity contribution in [1.29, 1.82) is 0 Å². The molecule has 2 heterocycles. The Morgan fingerprint density at radius 2 is 1.90 bits per heavy atom. The molecule has 4 atom stereocenters. The van der Waals surface area contributed by atoms with Gasteiger partial charge in [0.1, 0.15) is 18.4 Å². The molecule has 154 valence electrons. The molecule has 4 rings (SSSR count). The number of piperazine rings is 1. The molecule has 1 aliphatic heterocycles. The van der Waals surface area contributed by atoms with Gasteiger partial charge in [0.15, 0.2) is 0 Å². The number of nitrogens with two attached hydrogens (primary N) is 1. The van der Waals surface area contributed by atoms with Gasteiger partial charge in [0.05, 0.1) is 23.9 Å². The van der Waals surface area contributed by atoms with Crippen molar-refractivity contribution in [3.8, 4) is 0 Å². The van der Waals surface area contributed by atoms with Gasteiger partial charge in [-0.2, -0.15) is 0 Å². The van der Waals surface area contributed by atoms with Gasteiger partial charge in [-0.3, -0.25) is 4.90 Å². The molecule has 2 aliphatic rings. The van der Waals surface area contributed by atoms with Gasteiger partial charge in [-0.25, -0.2) is 9.97 Å². The lowest BCUT2D eigenvalue weighted by molar-refractivity contribution is -0.110. The Kier molecular flexibility index (Phi) is 5.96. The molecule has 8 heteroatoms. The van der Waals surface area contributed by atoms with Crippen molar-refractivity contribution in [2.75, 3.05) is 31.1 Å². The minimum absolute atomic E-state index is 0.244. The molecule has 0 spiro atoms. The van der Waals surface area contributed by atoms with Crippen LogP contribution in [0.5, 0.6) is 0 Å². The SMILES string of the molecule is C[C@@H]1C[C@H](O)c2ncnc(N3CCN(C(N)C(C=O)c4ccc(Br)cc4)CC3)c21. The lowest BCUT2D eigenvalue weighted by Gasteiger charge is -2.40. The minimum Gasteiger partial charge on any atom is -0.387 e. The van der Waals surface area contributed by atoms with E-state index >= 15 is 0 Å². The lowest BCUT2D eigenvalue weighted by Crippen LogP contribution is -2.55. The van der Waals surface area contributed by atoms with E-state index in [1.54, 1.807) is 6.33 Å². The fourth-order valence-corrected chi connectivity index (χ4v) is 4.72. The van der Waals surface area contributed by atoms with Crippen LogP contribution in [0.15, 0.2) is 35.1 Å². The third-order valence-electron chi connectivity index (χ3n) is 6.08. The van der Waals surface area contributed by atoms with Crippen molar-refractivity contribution in [3.05, 3.63) is 51.9 Å². The number of carbonyl (C=O) groups excluding carboxylic acids is 1. The van der Waals surface area contributed by atoms with E-state index < -0.39 is 6.10 Å². The molecule has 0 saturated carbocycles. The predicted molar refractivity (Wildman–Crippen MR) is 115 cm³/mol. The van der Waals surface area contributed by atoms with Crippen molar-refractivity contribution in [2.24, 2.45) is 5.73 Å². The Balaban J connectivity index is 1.46. The van der Waals surface area contributed by atoms with Crippen LogP contribution in [-0.4, -0.2) is 58.6 Å². The minimum atomic E-state index is -0.504. The molecule has 1 aromatic heterocycles. The standard InChI is InChI=1S/C21H26BrN5O2/c1-13-10-17(29)19-18(13)21(25-12-24-19)27-8-6-26(7-9-27)20(23)16(11-28)14-2-4-15(22)5-3-14/h2-5,11-13,16-17,20,29H,6-10,23H2,1H3/t13-,16?,17+,20?/m1/s1. The van der Waals surface area contributed by atoms with Gasteiger partial charge in [-0.05, 0) is 30.0 Å². The summed E-state index contributed by atoms with van der Waals surface area (Å²) in [5, 5.41) is 10.2. The summed E-state index contributed by atoms with van der Waals surface area (Å²) in [5.74, 6) is 0.800. The van der Waals surface area contributed by atoms with Crippen molar-refractivity contribution in [3.63, 3.8) is 0 Å². The zero-order chi connectivity index (χ0) is 20.5. The van der Waals surface area contributed by atoms with Crippen LogP contribution in [0, 0.1) is 0 Å². The van der Waals surface area contributed by atoms with Gasteiger partial charge >= 0.3 is 0 Å². The summed E-state index contributed by atoms with van der Waals surface area (Å²) in [6, 6.07) is 7.75. The highest BCUT2D eigenvalue weighted by atomic mass is 79.9. The van der Waals surface area contributed by atoms with E-state index in [0.29, 0.717) is 6.42 Å². The predicted octanol–water partition coefficient (Wildman–Crippen LogP) is 2.17. The van der Waals surface area contributed by atoms with Crippen LogP contribution in [0.1, 0.15) is 48.1 Å². The number of aldehydes is 1. The Labute approximate surface area is 179 Å². The van der Waals surface area contributed by atoms with E-state index in [9.17, 15) is 9.90 Å². The molecule has 1 aliphatic carbocycles. The molecule has 0 radical (unpaired) electrons. The first-order valence-corrected chi connectivity index (χ1v) is 10.8. The number of aromatic nitrogens is 2. The van der Waals surface area contributed by atoms with Crippen LogP contribution in [0.2, 0.25) is 0 Å². The maximum absolute atomic E-state index is 11.8. The average Bonchev–Trinajstić information content (AvgIpc) is 3.04. The molecule has 0 bridgehead atoms. The fraction of sp³-hybridized carbons (Fsp3) is 0.476. The summed E-state index contributed by atoms with van der Waals surface area (Å²) in [7, 11) is 0.